The Hall–Kier alpha value is -2.25. The molecule has 144 valence electrons. The molecular formula is C20H26N4O3. The number of aromatic nitrogens is 2. The van der Waals surface area contributed by atoms with E-state index >= 15 is 0 Å². The van der Waals surface area contributed by atoms with Crippen LogP contribution < -0.4 is 0 Å². The summed E-state index contributed by atoms with van der Waals surface area (Å²) in [4.78, 5) is 25.2. The zero-order valence-electron chi connectivity index (χ0n) is 15.7. The standard InChI is InChI=1S/C20H26N4O3/c1-26-14-16-12-23(13-17-3-2-10-27-17)15-20(16)4-8-24(9-5-20)19(25)18-11-21-6-7-22-18/h2-3,6-7,10-11,16H,4-5,8-9,12-15H2,1H3. The molecule has 0 aromatic carbocycles. The van der Waals surface area contributed by atoms with Gasteiger partial charge in [0, 0.05) is 51.6 Å². The molecule has 1 spiro atoms. The van der Waals surface area contributed by atoms with Crippen molar-refractivity contribution in [2.24, 2.45) is 11.3 Å². The number of likely N-dealkylation sites (tertiary alicyclic amines) is 2. The molecular weight excluding hydrogens is 344 g/mol. The second-order valence-electron chi connectivity index (χ2n) is 7.65. The number of rotatable bonds is 5. The first-order chi connectivity index (χ1) is 13.2. The van der Waals surface area contributed by atoms with Crippen LogP contribution in [0.3, 0.4) is 0 Å². The fourth-order valence-electron chi connectivity index (χ4n) is 4.61. The van der Waals surface area contributed by atoms with Crippen molar-refractivity contribution in [3.05, 3.63) is 48.4 Å². The molecule has 2 aliphatic rings. The Morgan fingerprint density at radius 3 is 2.89 bits per heavy atom. The van der Waals surface area contributed by atoms with E-state index in [9.17, 15) is 4.79 Å². The van der Waals surface area contributed by atoms with Crippen molar-refractivity contribution >= 4 is 5.91 Å². The van der Waals surface area contributed by atoms with E-state index in [1.807, 2.05) is 17.0 Å². The number of amides is 1. The van der Waals surface area contributed by atoms with E-state index < -0.39 is 0 Å². The molecule has 2 aromatic heterocycles. The second kappa shape index (κ2) is 7.78. The van der Waals surface area contributed by atoms with Crippen molar-refractivity contribution in [3.8, 4) is 0 Å². The van der Waals surface area contributed by atoms with E-state index in [1.54, 1.807) is 32.0 Å². The summed E-state index contributed by atoms with van der Waals surface area (Å²) in [5.41, 5.74) is 0.620. The Balaban J connectivity index is 1.42. The van der Waals surface area contributed by atoms with Gasteiger partial charge in [-0.1, -0.05) is 0 Å². The summed E-state index contributed by atoms with van der Waals surface area (Å²) in [7, 11) is 1.77. The topological polar surface area (TPSA) is 71.7 Å². The SMILES string of the molecule is COCC1CN(Cc2ccco2)CC12CCN(C(=O)c1cnccn1)CC2. The molecule has 0 saturated carbocycles. The average Bonchev–Trinajstić information content (AvgIpc) is 3.32. The minimum Gasteiger partial charge on any atom is -0.468 e. The van der Waals surface area contributed by atoms with E-state index in [-0.39, 0.29) is 11.3 Å². The van der Waals surface area contributed by atoms with Crippen LogP contribution in [0.5, 0.6) is 0 Å². The lowest BCUT2D eigenvalue weighted by Gasteiger charge is -2.42. The van der Waals surface area contributed by atoms with Gasteiger partial charge in [-0.3, -0.25) is 14.7 Å². The van der Waals surface area contributed by atoms with Crippen LogP contribution in [0.2, 0.25) is 0 Å². The zero-order chi connectivity index (χ0) is 18.7. The highest BCUT2D eigenvalue weighted by Gasteiger charge is 2.48. The van der Waals surface area contributed by atoms with Crippen LogP contribution in [0.1, 0.15) is 29.1 Å². The smallest absolute Gasteiger partial charge is 0.274 e. The quantitative estimate of drug-likeness (QED) is 0.802. The fourth-order valence-corrected chi connectivity index (χ4v) is 4.61. The third kappa shape index (κ3) is 3.75. The third-order valence-electron chi connectivity index (χ3n) is 6.04. The van der Waals surface area contributed by atoms with Crippen LogP contribution >= 0.6 is 0 Å². The highest BCUT2D eigenvalue weighted by molar-refractivity contribution is 5.92. The van der Waals surface area contributed by atoms with Gasteiger partial charge in [0.05, 0.1) is 25.6 Å². The maximum absolute atomic E-state index is 12.7. The first-order valence-electron chi connectivity index (χ1n) is 9.49. The van der Waals surface area contributed by atoms with Crippen molar-refractivity contribution in [3.63, 3.8) is 0 Å². The number of furan rings is 1. The number of piperidine rings is 1. The van der Waals surface area contributed by atoms with Gasteiger partial charge >= 0.3 is 0 Å². The van der Waals surface area contributed by atoms with Crippen molar-refractivity contribution in [1.29, 1.82) is 0 Å². The van der Waals surface area contributed by atoms with Crippen molar-refractivity contribution in [2.75, 3.05) is 39.9 Å². The number of hydrogen-bond donors (Lipinski definition) is 0. The molecule has 1 atom stereocenters. The number of carbonyl (C=O) groups excluding carboxylic acids is 1. The summed E-state index contributed by atoms with van der Waals surface area (Å²) in [6, 6.07) is 3.96. The summed E-state index contributed by atoms with van der Waals surface area (Å²) >= 11 is 0. The van der Waals surface area contributed by atoms with E-state index in [0.29, 0.717) is 11.6 Å². The Morgan fingerprint density at radius 1 is 1.37 bits per heavy atom. The number of hydrogen-bond acceptors (Lipinski definition) is 6. The summed E-state index contributed by atoms with van der Waals surface area (Å²) < 4.78 is 11.1. The van der Waals surface area contributed by atoms with E-state index in [1.165, 1.54) is 0 Å². The summed E-state index contributed by atoms with van der Waals surface area (Å²) in [6.07, 6.45) is 8.40. The molecule has 0 bridgehead atoms. The monoisotopic (exact) mass is 370 g/mol. The van der Waals surface area contributed by atoms with Gasteiger partial charge in [0.2, 0.25) is 0 Å². The summed E-state index contributed by atoms with van der Waals surface area (Å²) in [6.45, 7) is 5.12. The molecule has 7 heteroatoms. The largest absolute Gasteiger partial charge is 0.468 e. The van der Waals surface area contributed by atoms with Crippen LogP contribution in [0.15, 0.2) is 41.4 Å². The molecule has 0 aliphatic carbocycles. The lowest BCUT2D eigenvalue weighted by molar-refractivity contribution is 0.0319. The van der Waals surface area contributed by atoms with Crippen LogP contribution in [0.4, 0.5) is 0 Å². The molecule has 2 fully saturated rings. The number of methoxy groups -OCH3 is 1. The number of ether oxygens (including phenoxy) is 1. The predicted octanol–water partition coefficient (Wildman–Crippen LogP) is 2.07. The average molecular weight is 370 g/mol. The van der Waals surface area contributed by atoms with Crippen LogP contribution in [0, 0.1) is 11.3 Å². The van der Waals surface area contributed by atoms with E-state index in [2.05, 4.69) is 14.9 Å². The molecule has 4 rings (SSSR count). The Kier molecular flexibility index (Phi) is 5.22. The van der Waals surface area contributed by atoms with Crippen LogP contribution in [0.25, 0.3) is 0 Å². The first-order valence-corrected chi connectivity index (χ1v) is 9.49. The zero-order valence-corrected chi connectivity index (χ0v) is 15.7. The molecule has 2 saturated heterocycles. The minimum atomic E-state index is -0.0216. The number of carbonyl (C=O) groups is 1. The van der Waals surface area contributed by atoms with E-state index in [4.69, 9.17) is 9.15 Å². The van der Waals surface area contributed by atoms with Gasteiger partial charge in [-0.15, -0.1) is 0 Å². The molecule has 2 aliphatic heterocycles. The Labute approximate surface area is 159 Å². The molecule has 7 nitrogen and oxygen atoms in total. The van der Waals surface area contributed by atoms with Gasteiger partial charge in [-0.2, -0.15) is 0 Å². The van der Waals surface area contributed by atoms with Gasteiger partial charge in [0.1, 0.15) is 11.5 Å². The summed E-state index contributed by atoms with van der Waals surface area (Å²) in [5, 5.41) is 0. The minimum absolute atomic E-state index is 0.0216. The van der Waals surface area contributed by atoms with Crippen molar-refractivity contribution in [2.45, 2.75) is 19.4 Å². The van der Waals surface area contributed by atoms with Gasteiger partial charge < -0.3 is 14.1 Å². The number of nitrogens with zero attached hydrogens (tertiary/aromatic N) is 4. The highest BCUT2D eigenvalue weighted by atomic mass is 16.5. The summed E-state index contributed by atoms with van der Waals surface area (Å²) in [5.74, 6) is 1.45. The normalized spacial score (nSPS) is 22.4. The maximum atomic E-state index is 12.7. The second-order valence-corrected chi connectivity index (χ2v) is 7.65. The Bertz CT molecular complexity index is 742. The third-order valence-corrected chi connectivity index (χ3v) is 6.04. The van der Waals surface area contributed by atoms with Crippen LogP contribution in [-0.4, -0.2) is 65.6 Å². The molecule has 27 heavy (non-hydrogen) atoms. The first kappa shape index (κ1) is 18.1. The maximum Gasteiger partial charge on any atom is 0.274 e. The van der Waals surface area contributed by atoms with Gasteiger partial charge in [0.15, 0.2) is 0 Å². The predicted molar refractivity (Wildman–Crippen MR) is 99.0 cm³/mol. The molecule has 0 N–H and O–H groups in total. The lowest BCUT2D eigenvalue weighted by Crippen LogP contribution is -2.47. The van der Waals surface area contributed by atoms with Crippen LogP contribution in [-0.2, 0) is 11.3 Å². The highest BCUT2D eigenvalue weighted by Crippen LogP contribution is 2.45. The fraction of sp³-hybridized carbons (Fsp3) is 0.550. The molecule has 1 amide bonds. The van der Waals surface area contributed by atoms with Crippen molar-refractivity contribution in [1.82, 2.24) is 19.8 Å². The Morgan fingerprint density at radius 2 is 2.22 bits per heavy atom. The molecule has 2 aromatic rings. The lowest BCUT2D eigenvalue weighted by atomic mass is 9.71. The van der Waals surface area contributed by atoms with Gasteiger partial charge in [-0.25, -0.2) is 4.98 Å². The van der Waals surface area contributed by atoms with E-state index in [0.717, 1.165) is 57.9 Å². The van der Waals surface area contributed by atoms with Crippen molar-refractivity contribution < 1.29 is 13.9 Å². The molecule has 1 unspecified atom stereocenters. The molecule has 4 heterocycles. The molecule has 0 radical (unpaired) electrons. The van der Waals surface area contributed by atoms with Gasteiger partial charge in [0.25, 0.3) is 5.91 Å². The van der Waals surface area contributed by atoms with Gasteiger partial charge in [-0.05, 0) is 30.4 Å².